The summed E-state index contributed by atoms with van der Waals surface area (Å²) in [5.74, 6) is -0.174. The highest BCUT2D eigenvalue weighted by Gasteiger charge is 2.18. The van der Waals surface area contributed by atoms with Crippen LogP contribution in [0.15, 0.2) is 42.5 Å². The number of nitrogens with zero attached hydrogens (tertiary/aromatic N) is 1. The molecule has 0 heterocycles. The van der Waals surface area contributed by atoms with Crippen molar-refractivity contribution < 1.29 is 27.8 Å². The number of nitrogens with two attached hydrogens (primary N) is 1. The average Bonchev–Trinajstić information content (AvgIpc) is 2.65. The Labute approximate surface area is 159 Å². The molecule has 0 radical (unpaired) electrons. The number of anilines is 1. The van der Waals surface area contributed by atoms with Crippen LogP contribution in [-0.4, -0.2) is 31.9 Å². The number of alkyl halides is 2. The molecule has 2 aromatic carbocycles. The molecule has 0 atom stereocenters. The van der Waals surface area contributed by atoms with Crippen molar-refractivity contribution in [1.82, 2.24) is 5.43 Å². The number of benzene rings is 2. The highest BCUT2D eigenvalue weighted by Crippen LogP contribution is 2.29. The molecule has 0 aliphatic heterocycles. The summed E-state index contributed by atoms with van der Waals surface area (Å²) in [5, 5.41) is 1.10. The zero-order valence-electron chi connectivity index (χ0n) is 14.4. The Morgan fingerprint density at radius 3 is 2.30 bits per heavy atom. The summed E-state index contributed by atoms with van der Waals surface area (Å²) in [6.07, 6.45) is 0. The van der Waals surface area contributed by atoms with Crippen molar-refractivity contribution in [3.8, 4) is 17.2 Å². The lowest BCUT2D eigenvalue weighted by Crippen LogP contribution is -2.49. The van der Waals surface area contributed by atoms with Gasteiger partial charge in [-0.15, -0.1) is 0 Å². The maximum Gasteiger partial charge on any atom is 0.387 e. The molecule has 27 heavy (non-hydrogen) atoms. The lowest BCUT2D eigenvalue weighted by atomic mass is 10.2. The van der Waals surface area contributed by atoms with Crippen molar-refractivity contribution in [3.63, 3.8) is 0 Å². The van der Waals surface area contributed by atoms with E-state index >= 15 is 0 Å². The fraction of sp³-hybridized carbons (Fsp3) is 0.176. The number of hydrazine groups is 1. The first-order chi connectivity index (χ1) is 12.8. The van der Waals surface area contributed by atoms with Gasteiger partial charge in [-0.05, 0) is 54.7 Å². The molecule has 10 heteroatoms. The number of nitrogens with one attached hydrogen (secondary N) is 1. The zero-order chi connectivity index (χ0) is 20.0. The maximum absolute atomic E-state index is 12.5. The third-order valence-corrected chi connectivity index (χ3v) is 3.59. The lowest BCUT2D eigenvalue weighted by molar-refractivity contribution is -0.0512. The Balaban J connectivity index is 2.23. The molecule has 0 bridgehead atoms. The number of halogens is 2. The smallest absolute Gasteiger partial charge is 0.387 e. The second-order valence-electron chi connectivity index (χ2n) is 5.06. The number of hydrogen-bond acceptors (Lipinski definition) is 5. The first-order valence-electron chi connectivity index (χ1n) is 7.53. The molecule has 2 rings (SSSR count). The molecule has 0 fully saturated rings. The Kier molecular flexibility index (Phi) is 6.72. The average molecular weight is 397 g/mol. The predicted octanol–water partition coefficient (Wildman–Crippen LogP) is 2.70. The van der Waals surface area contributed by atoms with E-state index in [0.29, 0.717) is 11.4 Å². The van der Waals surface area contributed by atoms with Gasteiger partial charge in [0, 0.05) is 5.56 Å². The summed E-state index contributed by atoms with van der Waals surface area (Å²) in [4.78, 5) is 12.5. The van der Waals surface area contributed by atoms with Gasteiger partial charge in [-0.3, -0.25) is 10.2 Å². The third-order valence-electron chi connectivity index (χ3n) is 3.41. The van der Waals surface area contributed by atoms with Crippen LogP contribution in [0.3, 0.4) is 0 Å². The minimum atomic E-state index is -3.02. The van der Waals surface area contributed by atoms with E-state index in [0.717, 1.165) is 0 Å². The van der Waals surface area contributed by atoms with E-state index in [1.807, 2.05) is 0 Å². The molecule has 0 aliphatic rings. The van der Waals surface area contributed by atoms with Gasteiger partial charge >= 0.3 is 6.61 Å². The fourth-order valence-electron chi connectivity index (χ4n) is 2.15. The van der Waals surface area contributed by atoms with Gasteiger partial charge in [-0.1, -0.05) is 0 Å². The predicted molar refractivity (Wildman–Crippen MR) is 99.4 cm³/mol. The molecule has 0 saturated heterocycles. The second kappa shape index (κ2) is 8.99. The number of carbonyl (C=O) groups is 1. The minimum absolute atomic E-state index is 0.0192. The largest absolute Gasteiger partial charge is 0.497 e. The van der Waals surface area contributed by atoms with Crippen molar-refractivity contribution in [3.05, 3.63) is 48.0 Å². The summed E-state index contributed by atoms with van der Waals surface area (Å²) in [6, 6.07) is 10.4. The van der Waals surface area contributed by atoms with Gasteiger partial charge in [0.2, 0.25) is 0 Å². The Morgan fingerprint density at radius 2 is 1.78 bits per heavy atom. The minimum Gasteiger partial charge on any atom is -0.497 e. The van der Waals surface area contributed by atoms with Gasteiger partial charge in [-0.25, -0.2) is 5.01 Å². The van der Waals surface area contributed by atoms with Gasteiger partial charge in [0.25, 0.3) is 5.91 Å². The Bertz CT molecular complexity index is 818. The van der Waals surface area contributed by atoms with E-state index in [9.17, 15) is 13.6 Å². The number of carbonyl (C=O) groups excluding carboxylic acids is 1. The Morgan fingerprint density at radius 1 is 1.11 bits per heavy atom. The molecule has 0 spiro atoms. The number of thiocarbonyl (C=S) groups is 1. The molecule has 0 aliphatic carbocycles. The van der Waals surface area contributed by atoms with Gasteiger partial charge in [-0.2, -0.15) is 8.78 Å². The van der Waals surface area contributed by atoms with Crippen molar-refractivity contribution in [2.75, 3.05) is 19.2 Å². The van der Waals surface area contributed by atoms with Gasteiger partial charge in [0.1, 0.15) is 5.75 Å². The second-order valence-corrected chi connectivity index (χ2v) is 5.48. The number of amides is 1. The van der Waals surface area contributed by atoms with Crippen LogP contribution in [0.4, 0.5) is 14.5 Å². The summed E-state index contributed by atoms with van der Waals surface area (Å²) in [6.45, 7) is -3.02. The van der Waals surface area contributed by atoms with E-state index in [1.165, 1.54) is 37.4 Å². The SMILES string of the molecule is COc1ccc(N(NC(=O)c2ccc(OC(F)F)c(OC)c2)C(N)=S)cc1. The van der Waals surface area contributed by atoms with E-state index < -0.39 is 12.5 Å². The topological polar surface area (TPSA) is 86.0 Å². The highest BCUT2D eigenvalue weighted by molar-refractivity contribution is 7.80. The van der Waals surface area contributed by atoms with Crippen molar-refractivity contribution in [1.29, 1.82) is 0 Å². The van der Waals surface area contributed by atoms with Crippen molar-refractivity contribution in [2.24, 2.45) is 5.73 Å². The lowest BCUT2D eigenvalue weighted by Gasteiger charge is -2.23. The zero-order valence-corrected chi connectivity index (χ0v) is 15.3. The summed E-state index contributed by atoms with van der Waals surface area (Å²) in [5.41, 5.74) is 8.85. The third kappa shape index (κ3) is 5.17. The standard InChI is InChI=1S/C17H17F2N3O4S/c1-24-12-6-4-11(5-7-12)22(17(20)27)21-15(23)10-3-8-13(26-16(18)19)14(9-10)25-2/h3-9,16H,1-2H3,(H2,20,27)(H,21,23). The first-order valence-corrected chi connectivity index (χ1v) is 7.94. The van der Waals surface area contributed by atoms with Gasteiger partial charge in [0.05, 0.1) is 19.9 Å². The molecule has 2 aromatic rings. The molecule has 3 N–H and O–H groups in total. The van der Waals surface area contributed by atoms with Crippen molar-refractivity contribution >= 4 is 28.9 Å². The number of hydrogen-bond donors (Lipinski definition) is 2. The van der Waals surface area contributed by atoms with Gasteiger partial charge in [0.15, 0.2) is 16.6 Å². The number of rotatable bonds is 6. The van der Waals surface area contributed by atoms with Crippen LogP contribution in [0.5, 0.6) is 17.2 Å². The molecule has 0 aromatic heterocycles. The van der Waals surface area contributed by atoms with Crippen LogP contribution < -0.4 is 30.4 Å². The summed E-state index contributed by atoms with van der Waals surface area (Å²) < 4.78 is 39.2. The van der Waals surface area contributed by atoms with Crippen LogP contribution in [0.2, 0.25) is 0 Å². The quantitative estimate of drug-likeness (QED) is 0.573. The van der Waals surface area contributed by atoms with Crippen LogP contribution in [0.25, 0.3) is 0 Å². The molecular weight excluding hydrogens is 380 g/mol. The van der Waals surface area contributed by atoms with E-state index in [1.54, 1.807) is 24.3 Å². The molecule has 0 unspecified atom stereocenters. The fourth-order valence-corrected chi connectivity index (χ4v) is 2.30. The number of methoxy groups -OCH3 is 2. The van der Waals surface area contributed by atoms with Crippen LogP contribution in [-0.2, 0) is 0 Å². The molecule has 1 amide bonds. The number of ether oxygens (including phenoxy) is 3. The Hall–Kier alpha value is -3.14. The van der Waals surface area contributed by atoms with Gasteiger partial charge < -0.3 is 19.9 Å². The van der Waals surface area contributed by atoms with Crippen LogP contribution in [0, 0.1) is 0 Å². The maximum atomic E-state index is 12.5. The van der Waals surface area contributed by atoms with E-state index in [-0.39, 0.29) is 22.2 Å². The molecule has 0 saturated carbocycles. The summed E-state index contributed by atoms with van der Waals surface area (Å²) in [7, 11) is 2.80. The first kappa shape index (κ1) is 20.2. The molecule has 144 valence electrons. The van der Waals surface area contributed by atoms with Crippen molar-refractivity contribution in [2.45, 2.75) is 6.61 Å². The monoisotopic (exact) mass is 397 g/mol. The van der Waals surface area contributed by atoms with Crippen LogP contribution >= 0.6 is 12.2 Å². The van der Waals surface area contributed by atoms with Crippen LogP contribution in [0.1, 0.15) is 10.4 Å². The van der Waals surface area contributed by atoms with E-state index in [4.69, 9.17) is 27.4 Å². The normalized spacial score (nSPS) is 10.3. The molecule has 7 nitrogen and oxygen atoms in total. The molecular formula is C17H17F2N3O4S. The highest BCUT2D eigenvalue weighted by atomic mass is 32.1. The van der Waals surface area contributed by atoms with E-state index in [2.05, 4.69) is 10.2 Å². The summed E-state index contributed by atoms with van der Waals surface area (Å²) >= 11 is 4.98.